The molecule has 0 saturated carbocycles. The zero-order chi connectivity index (χ0) is 14.3. The quantitative estimate of drug-likeness (QED) is 0.755. The lowest BCUT2D eigenvalue weighted by Gasteiger charge is -2.15. The van der Waals surface area contributed by atoms with Crippen molar-refractivity contribution in [3.05, 3.63) is 35.1 Å². The lowest BCUT2D eigenvalue weighted by Crippen LogP contribution is -2.00. The molecule has 3 nitrogen and oxygen atoms in total. The van der Waals surface area contributed by atoms with Crippen LogP contribution in [0.1, 0.15) is 37.8 Å². The van der Waals surface area contributed by atoms with Crippen molar-refractivity contribution in [1.29, 1.82) is 0 Å². The molecule has 0 unspecified atom stereocenters. The molecule has 1 aromatic rings. The zero-order valence-electron chi connectivity index (χ0n) is 12.3. The number of rotatable bonds is 7. The van der Waals surface area contributed by atoms with Crippen molar-refractivity contribution in [2.75, 3.05) is 14.2 Å². The Labute approximate surface area is 115 Å². The highest BCUT2D eigenvalue weighted by molar-refractivity contribution is 5.48. The summed E-state index contributed by atoms with van der Waals surface area (Å²) in [5.74, 6) is 1.74. The van der Waals surface area contributed by atoms with Gasteiger partial charge in [0.1, 0.15) is 11.5 Å². The molecule has 0 fully saturated rings. The molecule has 0 atom stereocenters. The van der Waals surface area contributed by atoms with Gasteiger partial charge < -0.3 is 14.6 Å². The Morgan fingerprint density at radius 3 is 2.16 bits per heavy atom. The van der Waals surface area contributed by atoms with Crippen LogP contribution in [0.2, 0.25) is 0 Å². The van der Waals surface area contributed by atoms with E-state index in [1.807, 2.05) is 6.92 Å². The maximum Gasteiger partial charge on any atom is 0.126 e. The van der Waals surface area contributed by atoms with Crippen molar-refractivity contribution >= 4 is 0 Å². The maximum atomic E-state index is 8.96. The maximum absolute atomic E-state index is 8.96. The van der Waals surface area contributed by atoms with E-state index in [1.54, 1.807) is 14.2 Å². The summed E-state index contributed by atoms with van der Waals surface area (Å²) in [6.45, 7) is 4.06. The number of allylic oxidation sites excluding steroid dienone is 1. The number of aliphatic hydroxyl groups excluding tert-OH is 1. The second-order valence-electron chi connectivity index (χ2n) is 4.70. The highest BCUT2D eigenvalue weighted by Crippen LogP contribution is 2.32. The van der Waals surface area contributed by atoms with E-state index in [0.29, 0.717) is 0 Å². The zero-order valence-corrected chi connectivity index (χ0v) is 12.3. The molecule has 0 aromatic heterocycles. The van der Waals surface area contributed by atoms with Gasteiger partial charge in [-0.25, -0.2) is 0 Å². The van der Waals surface area contributed by atoms with E-state index in [-0.39, 0.29) is 0 Å². The van der Waals surface area contributed by atoms with Gasteiger partial charge in [-0.3, -0.25) is 0 Å². The van der Waals surface area contributed by atoms with Gasteiger partial charge in [0.2, 0.25) is 0 Å². The predicted molar refractivity (Wildman–Crippen MR) is 78.2 cm³/mol. The molecule has 0 amide bonds. The first-order chi connectivity index (χ1) is 9.15. The molecule has 1 aromatic carbocycles. The second-order valence-corrected chi connectivity index (χ2v) is 4.70. The minimum absolute atomic E-state index is 0.788. The van der Waals surface area contributed by atoms with Crippen LogP contribution in [0.3, 0.4) is 0 Å². The summed E-state index contributed by atoms with van der Waals surface area (Å²) >= 11 is 0. The van der Waals surface area contributed by atoms with E-state index in [1.165, 1.54) is 5.56 Å². The van der Waals surface area contributed by atoms with Crippen molar-refractivity contribution < 1.29 is 14.6 Å². The van der Waals surface area contributed by atoms with Gasteiger partial charge in [0.15, 0.2) is 0 Å². The Bertz CT molecular complexity index is 411. The summed E-state index contributed by atoms with van der Waals surface area (Å²) in [5, 5.41) is 8.96. The van der Waals surface area contributed by atoms with E-state index < -0.39 is 0 Å². The summed E-state index contributed by atoms with van der Waals surface area (Å²) in [6.07, 6.45) is 4.85. The van der Waals surface area contributed by atoms with Gasteiger partial charge in [0, 0.05) is 5.56 Å². The van der Waals surface area contributed by atoms with E-state index >= 15 is 0 Å². The van der Waals surface area contributed by atoms with Crippen LogP contribution < -0.4 is 9.47 Å². The van der Waals surface area contributed by atoms with Crippen molar-refractivity contribution in [3.63, 3.8) is 0 Å². The summed E-state index contributed by atoms with van der Waals surface area (Å²) in [4.78, 5) is 0. The highest BCUT2D eigenvalue weighted by Gasteiger charge is 2.12. The van der Waals surface area contributed by atoms with Crippen LogP contribution in [0.25, 0.3) is 0 Å². The molecule has 0 spiro atoms. The Morgan fingerprint density at radius 2 is 1.74 bits per heavy atom. The average Bonchev–Trinajstić information content (AvgIpc) is 2.44. The standard InChI is InChI=1S/C16H24O3/c1-5-6-13-9-15(18-3)14(16(10-13)19-4)8-7-12(2)11-17/h9-11,17H,5-8H2,1-4H3/b12-11+. The summed E-state index contributed by atoms with van der Waals surface area (Å²) in [5.41, 5.74) is 3.24. The topological polar surface area (TPSA) is 38.7 Å². The van der Waals surface area contributed by atoms with Crippen LogP contribution in [0.4, 0.5) is 0 Å². The number of aliphatic hydroxyl groups is 1. The van der Waals surface area contributed by atoms with E-state index in [4.69, 9.17) is 14.6 Å². The van der Waals surface area contributed by atoms with E-state index in [9.17, 15) is 0 Å². The van der Waals surface area contributed by atoms with Crippen LogP contribution in [-0.2, 0) is 12.8 Å². The lowest BCUT2D eigenvalue weighted by molar-refractivity contribution is 0.384. The van der Waals surface area contributed by atoms with Gasteiger partial charge in [-0.2, -0.15) is 0 Å². The Balaban J connectivity index is 3.06. The largest absolute Gasteiger partial charge is 0.516 e. The molecule has 106 valence electrons. The van der Waals surface area contributed by atoms with Crippen LogP contribution in [-0.4, -0.2) is 19.3 Å². The fourth-order valence-corrected chi connectivity index (χ4v) is 2.10. The van der Waals surface area contributed by atoms with Crippen molar-refractivity contribution in [1.82, 2.24) is 0 Å². The Kier molecular flexibility index (Phi) is 6.26. The Hall–Kier alpha value is -1.64. The molecule has 0 radical (unpaired) electrons. The third-order valence-electron chi connectivity index (χ3n) is 3.20. The van der Waals surface area contributed by atoms with Gasteiger partial charge in [0.05, 0.1) is 20.5 Å². The molecule has 1 N–H and O–H groups in total. The lowest BCUT2D eigenvalue weighted by atomic mass is 10.00. The molecular weight excluding hydrogens is 240 g/mol. The second kappa shape index (κ2) is 7.72. The summed E-state index contributed by atoms with van der Waals surface area (Å²) in [6, 6.07) is 4.17. The number of aryl methyl sites for hydroxylation is 1. The molecule has 0 bridgehead atoms. The van der Waals surface area contributed by atoms with Crippen molar-refractivity contribution in [2.24, 2.45) is 0 Å². The number of hydrogen-bond acceptors (Lipinski definition) is 3. The van der Waals surface area contributed by atoms with E-state index in [0.717, 1.165) is 54.6 Å². The van der Waals surface area contributed by atoms with Gasteiger partial charge in [0.25, 0.3) is 0 Å². The monoisotopic (exact) mass is 264 g/mol. The predicted octanol–water partition coefficient (Wildman–Crippen LogP) is 4.05. The number of benzene rings is 1. The third-order valence-corrected chi connectivity index (χ3v) is 3.20. The SMILES string of the molecule is CCCc1cc(OC)c(CC/C(C)=C/O)c(OC)c1. The minimum atomic E-state index is 0.788. The fraction of sp³-hybridized carbons (Fsp3) is 0.500. The van der Waals surface area contributed by atoms with Gasteiger partial charge >= 0.3 is 0 Å². The van der Waals surface area contributed by atoms with E-state index in [2.05, 4.69) is 19.1 Å². The molecule has 0 heterocycles. The summed E-state index contributed by atoms with van der Waals surface area (Å²) < 4.78 is 11.0. The molecule has 19 heavy (non-hydrogen) atoms. The van der Waals surface area contributed by atoms with Crippen molar-refractivity contribution in [2.45, 2.75) is 39.5 Å². The van der Waals surface area contributed by atoms with Gasteiger partial charge in [-0.15, -0.1) is 0 Å². The van der Waals surface area contributed by atoms with Crippen LogP contribution >= 0.6 is 0 Å². The molecule has 3 heteroatoms. The smallest absolute Gasteiger partial charge is 0.126 e. The average molecular weight is 264 g/mol. The van der Waals surface area contributed by atoms with Crippen LogP contribution in [0.5, 0.6) is 11.5 Å². The number of methoxy groups -OCH3 is 2. The molecule has 1 rings (SSSR count). The first-order valence-electron chi connectivity index (χ1n) is 6.69. The minimum Gasteiger partial charge on any atom is -0.516 e. The number of hydrogen-bond donors (Lipinski definition) is 1. The van der Waals surface area contributed by atoms with Crippen LogP contribution in [0.15, 0.2) is 24.0 Å². The Morgan fingerprint density at radius 1 is 1.16 bits per heavy atom. The third kappa shape index (κ3) is 4.19. The highest BCUT2D eigenvalue weighted by atomic mass is 16.5. The molecule has 0 aliphatic heterocycles. The summed E-state index contributed by atoms with van der Waals surface area (Å²) in [7, 11) is 3.37. The van der Waals surface area contributed by atoms with Crippen molar-refractivity contribution in [3.8, 4) is 11.5 Å². The molecule has 0 saturated heterocycles. The fourth-order valence-electron chi connectivity index (χ4n) is 2.10. The van der Waals surface area contributed by atoms with Gasteiger partial charge in [-0.1, -0.05) is 13.3 Å². The molecule has 0 aliphatic rings. The first kappa shape index (κ1) is 15.4. The normalized spacial score (nSPS) is 11.5. The number of ether oxygens (including phenoxy) is 2. The first-order valence-corrected chi connectivity index (χ1v) is 6.69. The molecule has 0 aliphatic carbocycles. The molecular formula is C16H24O3. The van der Waals surface area contributed by atoms with Crippen LogP contribution in [0, 0.1) is 0 Å². The van der Waals surface area contributed by atoms with Gasteiger partial charge in [-0.05, 0) is 49.5 Å².